The molecule has 2 aromatic carbocycles. The van der Waals surface area contributed by atoms with Gasteiger partial charge in [-0.2, -0.15) is 9.29 Å². The fourth-order valence-electron chi connectivity index (χ4n) is 2.49. The number of hydrogen-bond donors (Lipinski definition) is 0. The minimum atomic E-state index is -3.50. The summed E-state index contributed by atoms with van der Waals surface area (Å²) in [7, 11) is -0.428. The summed E-state index contributed by atoms with van der Waals surface area (Å²) in [5.41, 5.74) is 2.55. The van der Waals surface area contributed by atoms with Crippen LogP contribution < -0.4 is 4.74 Å². The number of sulfonamides is 1. The first-order chi connectivity index (χ1) is 12.9. The van der Waals surface area contributed by atoms with E-state index >= 15 is 0 Å². The highest BCUT2D eigenvalue weighted by Crippen LogP contribution is 2.22. The molecule has 142 valence electrons. The topological polar surface area (TPSA) is 85.5 Å². The zero-order chi connectivity index (χ0) is 19.4. The quantitative estimate of drug-likeness (QED) is 0.619. The van der Waals surface area contributed by atoms with E-state index in [1.54, 1.807) is 13.2 Å². The molecule has 0 aliphatic carbocycles. The second-order valence-electron chi connectivity index (χ2n) is 6.24. The molecule has 0 spiro atoms. The van der Waals surface area contributed by atoms with Crippen LogP contribution in [0.15, 0.2) is 53.1 Å². The smallest absolute Gasteiger partial charge is 0.242 e. The Morgan fingerprint density at radius 3 is 2.59 bits per heavy atom. The van der Waals surface area contributed by atoms with Gasteiger partial charge < -0.3 is 9.26 Å². The predicted octanol–water partition coefficient (Wildman–Crippen LogP) is 3.02. The first kappa shape index (κ1) is 19.1. The van der Waals surface area contributed by atoms with Crippen LogP contribution in [-0.4, -0.2) is 37.0 Å². The summed E-state index contributed by atoms with van der Waals surface area (Å²) in [6.07, 6.45) is 0. The maximum absolute atomic E-state index is 12.6. The molecule has 0 unspecified atom stereocenters. The summed E-state index contributed by atoms with van der Waals surface area (Å²) in [6.45, 7) is 1.96. The van der Waals surface area contributed by atoms with Crippen LogP contribution in [0.2, 0.25) is 0 Å². The van der Waals surface area contributed by atoms with Crippen molar-refractivity contribution in [3.8, 4) is 17.1 Å². The maximum Gasteiger partial charge on any atom is 0.242 e. The summed E-state index contributed by atoms with van der Waals surface area (Å²) in [4.78, 5) is 4.29. The van der Waals surface area contributed by atoms with E-state index in [9.17, 15) is 8.42 Å². The molecule has 0 saturated heterocycles. The van der Waals surface area contributed by atoms with E-state index in [1.165, 1.54) is 11.4 Å². The third kappa shape index (κ3) is 4.72. The third-order valence-electron chi connectivity index (χ3n) is 4.10. The molecule has 0 aliphatic rings. The van der Waals surface area contributed by atoms with E-state index < -0.39 is 10.0 Å². The van der Waals surface area contributed by atoms with Crippen LogP contribution in [0.5, 0.6) is 5.75 Å². The Morgan fingerprint density at radius 1 is 1.15 bits per heavy atom. The molecule has 3 rings (SSSR count). The Kier molecular flexibility index (Phi) is 5.57. The second-order valence-corrected chi connectivity index (χ2v) is 8.32. The van der Waals surface area contributed by atoms with E-state index in [0.29, 0.717) is 11.6 Å². The molecule has 0 amide bonds. The fourth-order valence-corrected chi connectivity index (χ4v) is 3.63. The van der Waals surface area contributed by atoms with E-state index in [-0.39, 0.29) is 18.2 Å². The Morgan fingerprint density at radius 2 is 1.89 bits per heavy atom. The molecular formula is C19H21N3O4S. The zero-order valence-corrected chi connectivity index (χ0v) is 16.2. The SMILES string of the molecule is COc1cccc(-c2noc(CN(C)S(=O)(=O)Cc3ccc(C)cc3)n2)c1. The monoisotopic (exact) mass is 387 g/mol. The van der Waals surface area contributed by atoms with Gasteiger partial charge in [-0.3, -0.25) is 0 Å². The lowest BCUT2D eigenvalue weighted by molar-refractivity contribution is 0.336. The highest BCUT2D eigenvalue weighted by atomic mass is 32.2. The molecule has 0 atom stereocenters. The number of ether oxygens (including phenoxy) is 1. The van der Waals surface area contributed by atoms with Crippen molar-refractivity contribution in [3.05, 3.63) is 65.5 Å². The Bertz CT molecular complexity index is 1010. The number of hydrogen-bond acceptors (Lipinski definition) is 6. The number of nitrogens with zero attached hydrogens (tertiary/aromatic N) is 3. The number of rotatable bonds is 7. The minimum absolute atomic E-state index is 0.00512. The molecule has 0 radical (unpaired) electrons. The molecule has 1 aromatic heterocycles. The van der Waals surface area contributed by atoms with Gasteiger partial charge in [0.15, 0.2) is 0 Å². The lowest BCUT2D eigenvalue weighted by Gasteiger charge is -2.15. The molecule has 0 bridgehead atoms. The zero-order valence-electron chi connectivity index (χ0n) is 15.4. The van der Waals surface area contributed by atoms with Gasteiger partial charge in [0.2, 0.25) is 21.7 Å². The van der Waals surface area contributed by atoms with Gasteiger partial charge in [-0.05, 0) is 24.6 Å². The van der Waals surface area contributed by atoms with Gasteiger partial charge in [0.25, 0.3) is 0 Å². The van der Waals surface area contributed by atoms with Gasteiger partial charge in [0.1, 0.15) is 5.75 Å². The van der Waals surface area contributed by atoms with Crippen molar-refractivity contribution >= 4 is 10.0 Å². The first-order valence-electron chi connectivity index (χ1n) is 8.34. The molecule has 8 heteroatoms. The lowest BCUT2D eigenvalue weighted by atomic mass is 10.2. The van der Waals surface area contributed by atoms with E-state index in [4.69, 9.17) is 9.26 Å². The molecule has 7 nitrogen and oxygen atoms in total. The third-order valence-corrected chi connectivity index (χ3v) is 5.88. The highest BCUT2D eigenvalue weighted by Gasteiger charge is 2.21. The van der Waals surface area contributed by atoms with Crippen LogP contribution in [0.3, 0.4) is 0 Å². The van der Waals surface area contributed by atoms with Crippen LogP contribution in [0.25, 0.3) is 11.4 Å². The lowest BCUT2D eigenvalue weighted by Crippen LogP contribution is -2.27. The van der Waals surface area contributed by atoms with Crippen molar-refractivity contribution in [2.24, 2.45) is 0 Å². The minimum Gasteiger partial charge on any atom is -0.497 e. The Balaban J connectivity index is 1.71. The van der Waals surface area contributed by atoms with Crippen molar-refractivity contribution in [3.63, 3.8) is 0 Å². The fraction of sp³-hybridized carbons (Fsp3) is 0.263. The summed E-state index contributed by atoms with van der Waals surface area (Å²) in [5.74, 6) is 1.20. The van der Waals surface area contributed by atoms with Crippen LogP contribution >= 0.6 is 0 Å². The van der Waals surface area contributed by atoms with Crippen molar-refractivity contribution in [1.82, 2.24) is 14.4 Å². The predicted molar refractivity (Wildman–Crippen MR) is 102 cm³/mol. The van der Waals surface area contributed by atoms with Crippen LogP contribution in [0, 0.1) is 6.92 Å². The van der Waals surface area contributed by atoms with Crippen molar-refractivity contribution < 1.29 is 17.7 Å². The molecular weight excluding hydrogens is 366 g/mol. The number of methoxy groups -OCH3 is 1. The Labute approximate surface area is 158 Å². The normalized spacial score (nSPS) is 11.7. The Hall–Kier alpha value is -2.71. The van der Waals surface area contributed by atoms with Gasteiger partial charge in [-0.1, -0.05) is 47.1 Å². The van der Waals surface area contributed by atoms with Gasteiger partial charge in [-0.25, -0.2) is 8.42 Å². The van der Waals surface area contributed by atoms with Gasteiger partial charge in [0, 0.05) is 12.6 Å². The molecule has 0 saturated carbocycles. The van der Waals surface area contributed by atoms with Crippen molar-refractivity contribution in [2.45, 2.75) is 19.2 Å². The van der Waals surface area contributed by atoms with E-state index in [2.05, 4.69) is 10.1 Å². The van der Waals surface area contributed by atoms with Crippen LogP contribution in [-0.2, 0) is 22.3 Å². The second kappa shape index (κ2) is 7.89. The largest absolute Gasteiger partial charge is 0.497 e. The molecule has 27 heavy (non-hydrogen) atoms. The van der Waals surface area contributed by atoms with Crippen molar-refractivity contribution in [1.29, 1.82) is 0 Å². The number of aryl methyl sites for hydroxylation is 1. The number of aromatic nitrogens is 2. The van der Waals surface area contributed by atoms with E-state index in [1.807, 2.05) is 49.4 Å². The average molecular weight is 387 g/mol. The molecule has 3 aromatic rings. The summed E-state index contributed by atoms with van der Waals surface area (Å²) < 4.78 is 36.8. The van der Waals surface area contributed by atoms with Crippen LogP contribution in [0.4, 0.5) is 0 Å². The standard InChI is InChI=1S/C19H21N3O4S/c1-14-7-9-15(10-8-14)13-27(23,24)22(2)12-18-20-19(21-26-18)16-5-4-6-17(11-16)25-3/h4-11H,12-13H2,1-3H3. The molecule has 1 heterocycles. The average Bonchev–Trinajstić information content (AvgIpc) is 3.12. The summed E-state index contributed by atoms with van der Waals surface area (Å²) in [5, 5.41) is 3.93. The van der Waals surface area contributed by atoms with Gasteiger partial charge >= 0.3 is 0 Å². The van der Waals surface area contributed by atoms with E-state index in [0.717, 1.165) is 16.7 Å². The molecule has 0 fully saturated rings. The highest BCUT2D eigenvalue weighted by molar-refractivity contribution is 7.88. The summed E-state index contributed by atoms with van der Waals surface area (Å²) >= 11 is 0. The van der Waals surface area contributed by atoms with Crippen LogP contribution in [0.1, 0.15) is 17.0 Å². The maximum atomic E-state index is 12.6. The first-order valence-corrected chi connectivity index (χ1v) is 9.95. The van der Waals surface area contributed by atoms with Gasteiger partial charge in [-0.15, -0.1) is 0 Å². The summed E-state index contributed by atoms with van der Waals surface area (Å²) in [6, 6.07) is 14.7. The molecule has 0 N–H and O–H groups in total. The number of benzene rings is 2. The molecule has 0 aliphatic heterocycles. The van der Waals surface area contributed by atoms with Gasteiger partial charge in [0.05, 0.1) is 19.4 Å². The van der Waals surface area contributed by atoms with Crippen molar-refractivity contribution in [2.75, 3.05) is 14.2 Å².